The molecule has 0 radical (unpaired) electrons. The summed E-state index contributed by atoms with van der Waals surface area (Å²) in [5, 5.41) is 9.26. The third-order valence-electron chi connectivity index (χ3n) is 2.97. The van der Waals surface area contributed by atoms with Gasteiger partial charge in [0.2, 0.25) is 0 Å². The second kappa shape index (κ2) is 7.31. The Bertz CT molecular complexity index is 233. The van der Waals surface area contributed by atoms with Gasteiger partial charge in [0.25, 0.3) is 0 Å². The van der Waals surface area contributed by atoms with Gasteiger partial charge in [0.15, 0.2) is 12.4 Å². The topological polar surface area (TPSA) is 38.7 Å². The Morgan fingerprint density at radius 2 is 1.94 bits per heavy atom. The van der Waals surface area contributed by atoms with E-state index < -0.39 is 24.7 Å². The Morgan fingerprint density at radius 1 is 1.22 bits per heavy atom. The highest BCUT2D eigenvalue weighted by atomic mass is 19.4. The molecule has 1 N–H and O–H groups in total. The molecule has 0 saturated carbocycles. The molecule has 0 aliphatic carbocycles. The van der Waals surface area contributed by atoms with Crippen molar-refractivity contribution in [1.82, 2.24) is 0 Å². The van der Waals surface area contributed by atoms with Crippen molar-refractivity contribution in [2.45, 2.75) is 70.1 Å². The average molecular weight is 270 g/mol. The first kappa shape index (κ1) is 15.7. The molecule has 0 spiro atoms. The predicted molar refractivity (Wildman–Crippen MR) is 60.1 cm³/mol. The Kier molecular flexibility index (Phi) is 6.38. The van der Waals surface area contributed by atoms with Gasteiger partial charge in [-0.3, -0.25) is 0 Å². The van der Waals surface area contributed by atoms with Crippen LogP contribution in [0.3, 0.4) is 0 Å². The molecule has 1 aliphatic rings. The van der Waals surface area contributed by atoms with E-state index in [4.69, 9.17) is 9.47 Å². The van der Waals surface area contributed by atoms with Crippen LogP contribution >= 0.6 is 0 Å². The molecule has 1 rings (SSSR count). The van der Waals surface area contributed by atoms with E-state index in [9.17, 15) is 18.3 Å². The van der Waals surface area contributed by atoms with E-state index >= 15 is 0 Å². The van der Waals surface area contributed by atoms with Crippen LogP contribution < -0.4 is 0 Å². The number of unbranched alkanes of at least 4 members (excludes halogenated alkanes) is 3. The van der Waals surface area contributed by atoms with Crippen LogP contribution in [-0.2, 0) is 9.47 Å². The van der Waals surface area contributed by atoms with Gasteiger partial charge in [-0.15, -0.1) is 0 Å². The molecule has 0 aromatic carbocycles. The lowest BCUT2D eigenvalue weighted by Gasteiger charge is -2.34. The fraction of sp³-hybridized carbons (Fsp3) is 1.00. The van der Waals surface area contributed by atoms with Gasteiger partial charge in [0.05, 0.1) is 6.10 Å². The highest BCUT2D eigenvalue weighted by molar-refractivity contribution is 4.81. The number of hydrogen-bond acceptors (Lipinski definition) is 3. The van der Waals surface area contributed by atoms with Crippen molar-refractivity contribution < 1.29 is 27.8 Å². The van der Waals surface area contributed by atoms with Crippen molar-refractivity contribution in [2.24, 2.45) is 0 Å². The highest BCUT2D eigenvalue weighted by Gasteiger charge is 2.48. The second-order valence-electron chi connectivity index (χ2n) is 4.60. The zero-order chi connectivity index (χ0) is 13.6. The number of hydrogen-bond donors (Lipinski definition) is 1. The summed E-state index contributed by atoms with van der Waals surface area (Å²) in [6.07, 6.45) is -4.59. The van der Waals surface area contributed by atoms with Gasteiger partial charge in [-0.1, -0.05) is 26.2 Å². The Hall–Kier alpha value is -0.330. The molecule has 3 unspecified atom stereocenters. The fourth-order valence-corrected chi connectivity index (χ4v) is 1.94. The van der Waals surface area contributed by atoms with E-state index in [-0.39, 0.29) is 6.42 Å². The van der Waals surface area contributed by atoms with Crippen LogP contribution in [0.15, 0.2) is 0 Å². The quantitative estimate of drug-likeness (QED) is 0.754. The zero-order valence-electron chi connectivity index (χ0n) is 10.6. The lowest BCUT2D eigenvalue weighted by Crippen LogP contribution is -2.48. The van der Waals surface area contributed by atoms with Gasteiger partial charge in [-0.2, -0.15) is 13.2 Å². The molecule has 0 amide bonds. The third kappa shape index (κ3) is 5.12. The summed E-state index contributed by atoms with van der Waals surface area (Å²) in [6.45, 7) is 2.49. The maximum absolute atomic E-state index is 12.5. The van der Waals surface area contributed by atoms with Gasteiger partial charge in [-0.25, -0.2) is 0 Å². The SMILES string of the molecule is CCCCCCOC1CCC(O)C(C(F)(F)F)O1. The van der Waals surface area contributed by atoms with Gasteiger partial charge in [0.1, 0.15) is 0 Å². The largest absolute Gasteiger partial charge is 0.417 e. The Labute approximate surface area is 105 Å². The molecule has 3 atom stereocenters. The molecule has 0 aromatic rings. The van der Waals surface area contributed by atoms with Crippen molar-refractivity contribution in [3.05, 3.63) is 0 Å². The lowest BCUT2D eigenvalue weighted by atomic mass is 10.0. The molecule has 1 heterocycles. The molecule has 0 aromatic heterocycles. The summed E-state index contributed by atoms with van der Waals surface area (Å²) in [5.41, 5.74) is 0. The molecule has 1 saturated heterocycles. The molecule has 3 nitrogen and oxygen atoms in total. The smallest absolute Gasteiger partial charge is 0.390 e. The number of ether oxygens (including phenoxy) is 2. The van der Waals surface area contributed by atoms with E-state index in [0.717, 1.165) is 25.7 Å². The summed E-state index contributed by atoms with van der Waals surface area (Å²) >= 11 is 0. The number of rotatable bonds is 6. The lowest BCUT2D eigenvalue weighted by molar-refractivity contribution is -0.311. The number of halogens is 3. The maximum atomic E-state index is 12.5. The van der Waals surface area contributed by atoms with E-state index in [2.05, 4.69) is 6.92 Å². The first-order valence-corrected chi connectivity index (χ1v) is 6.47. The average Bonchev–Trinajstić information content (AvgIpc) is 2.29. The minimum Gasteiger partial charge on any atom is -0.390 e. The summed E-state index contributed by atoms with van der Waals surface area (Å²) in [4.78, 5) is 0. The third-order valence-corrected chi connectivity index (χ3v) is 2.97. The first-order valence-electron chi connectivity index (χ1n) is 6.47. The van der Waals surface area contributed by atoms with Gasteiger partial charge in [0, 0.05) is 13.0 Å². The summed E-state index contributed by atoms with van der Waals surface area (Å²) in [7, 11) is 0. The predicted octanol–water partition coefficient (Wildman–Crippen LogP) is 3.01. The van der Waals surface area contributed by atoms with Crippen LogP contribution in [0, 0.1) is 0 Å². The summed E-state index contributed by atoms with van der Waals surface area (Å²) in [6, 6.07) is 0. The van der Waals surface area contributed by atoms with Crippen LogP contribution in [0.5, 0.6) is 0 Å². The second-order valence-corrected chi connectivity index (χ2v) is 4.60. The van der Waals surface area contributed by atoms with Crippen LogP contribution in [0.1, 0.15) is 45.4 Å². The Balaban J connectivity index is 2.27. The minimum atomic E-state index is -4.54. The highest BCUT2D eigenvalue weighted by Crippen LogP contribution is 2.32. The van der Waals surface area contributed by atoms with Crippen molar-refractivity contribution >= 4 is 0 Å². The zero-order valence-corrected chi connectivity index (χ0v) is 10.6. The van der Waals surface area contributed by atoms with Crippen molar-refractivity contribution in [1.29, 1.82) is 0 Å². The van der Waals surface area contributed by atoms with Crippen molar-refractivity contribution in [3.8, 4) is 0 Å². The molecule has 1 aliphatic heterocycles. The van der Waals surface area contributed by atoms with Crippen molar-refractivity contribution in [3.63, 3.8) is 0 Å². The van der Waals surface area contributed by atoms with E-state index in [1.54, 1.807) is 0 Å². The number of aliphatic hydroxyl groups is 1. The molecule has 6 heteroatoms. The Morgan fingerprint density at radius 3 is 2.56 bits per heavy atom. The number of alkyl halides is 3. The molecule has 18 heavy (non-hydrogen) atoms. The minimum absolute atomic E-state index is 0.0593. The van der Waals surface area contributed by atoms with Gasteiger partial charge >= 0.3 is 6.18 Å². The molecular formula is C12H21F3O3. The molecular weight excluding hydrogens is 249 g/mol. The van der Waals surface area contributed by atoms with E-state index in [1.165, 1.54) is 0 Å². The first-order chi connectivity index (χ1) is 8.45. The fourth-order valence-electron chi connectivity index (χ4n) is 1.94. The van der Waals surface area contributed by atoms with Gasteiger partial charge in [-0.05, 0) is 12.8 Å². The maximum Gasteiger partial charge on any atom is 0.417 e. The summed E-state index contributed by atoms with van der Waals surface area (Å²) in [5.74, 6) is 0. The molecule has 108 valence electrons. The van der Waals surface area contributed by atoms with Crippen molar-refractivity contribution in [2.75, 3.05) is 6.61 Å². The van der Waals surface area contributed by atoms with Gasteiger partial charge < -0.3 is 14.6 Å². The van der Waals surface area contributed by atoms with Crippen LogP contribution in [0.4, 0.5) is 13.2 Å². The van der Waals surface area contributed by atoms with Crippen LogP contribution in [-0.4, -0.2) is 36.4 Å². The van der Waals surface area contributed by atoms with Crippen LogP contribution in [0.25, 0.3) is 0 Å². The number of aliphatic hydroxyl groups excluding tert-OH is 1. The summed E-state index contributed by atoms with van der Waals surface area (Å²) < 4.78 is 47.6. The monoisotopic (exact) mass is 270 g/mol. The molecule has 1 fully saturated rings. The van der Waals surface area contributed by atoms with E-state index in [1.807, 2.05) is 0 Å². The standard InChI is InChI=1S/C12H21F3O3/c1-2-3-4-5-8-17-10-7-6-9(16)11(18-10)12(13,14)15/h9-11,16H,2-8H2,1H3. The van der Waals surface area contributed by atoms with Crippen LogP contribution in [0.2, 0.25) is 0 Å². The molecule has 0 bridgehead atoms. The van der Waals surface area contributed by atoms with E-state index in [0.29, 0.717) is 13.0 Å². The normalized spacial score (nSPS) is 29.5.